The highest BCUT2D eigenvalue weighted by atomic mass is 16.2. The van der Waals surface area contributed by atoms with Crippen molar-refractivity contribution in [3.05, 3.63) is 0 Å². The van der Waals surface area contributed by atoms with Crippen LogP contribution in [0.2, 0.25) is 0 Å². The maximum absolute atomic E-state index is 12.2. The van der Waals surface area contributed by atoms with Gasteiger partial charge in [-0.1, -0.05) is 26.7 Å². The Morgan fingerprint density at radius 1 is 1.32 bits per heavy atom. The fourth-order valence-corrected chi connectivity index (χ4v) is 2.74. The Morgan fingerprint density at radius 2 is 2.05 bits per heavy atom. The molecule has 0 saturated carbocycles. The first kappa shape index (κ1) is 16.4. The maximum Gasteiger partial charge on any atom is 0.237 e. The Hall–Kier alpha value is -0.610. The molecule has 1 amide bonds. The normalized spacial score (nSPS) is 23.1. The van der Waals surface area contributed by atoms with Crippen LogP contribution in [0.5, 0.6) is 0 Å². The van der Waals surface area contributed by atoms with Crippen LogP contribution in [0.15, 0.2) is 0 Å². The summed E-state index contributed by atoms with van der Waals surface area (Å²) >= 11 is 0. The number of rotatable bonds is 6. The fraction of sp³-hybridized carbons (Fsp3) is 0.933. The fourth-order valence-electron chi connectivity index (χ4n) is 2.74. The molecule has 112 valence electrons. The number of nitrogens with zero attached hydrogens (tertiary/aromatic N) is 1. The number of nitrogens with two attached hydrogens (primary N) is 1. The molecule has 1 aliphatic rings. The quantitative estimate of drug-likeness (QED) is 0.772. The number of carbonyl (C=O) groups excluding carboxylic acids is 1. The second-order valence-electron chi connectivity index (χ2n) is 6.13. The number of nitrogens with one attached hydrogen (secondary N) is 1. The van der Waals surface area contributed by atoms with Gasteiger partial charge in [-0.25, -0.2) is 0 Å². The van der Waals surface area contributed by atoms with Crippen molar-refractivity contribution < 1.29 is 4.79 Å². The lowest BCUT2D eigenvalue weighted by Crippen LogP contribution is -2.52. The van der Waals surface area contributed by atoms with Gasteiger partial charge in [-0.05, 0) is 38.6 Å². The highest BCUT2D eigenvalue weighted by Gasteiger charge is 2.28. The number of likely N-dealkylation sites (tertiary alicyclic amines) is 1. The van der Waals surface area contributed by atoms with Gasteiger partial charge < -0.3 is 11.1 Å². The number of hydrogen-bond donors (Lipinski definition) is 2. The summed E-state index contributed by atoms with van der Waals surface area (Å²) in [4.78, 5) is 14.5. The van der Waals surface area contributed by atoms with E-state index in [0.29, 0.717) is 18.5 Å². The summed E-state index contributed by atoms with van der Waals surface area (Å²) in [6, 6.07) is 0.312. The molecule has 0 radical (unpaired) electrons. The number of amides is 1. The first-order valence-corrected chi connectivity index (χ1v) is 7.79. The zero-order chi connectivity index (χ0) is 14.3. The van der Waals surface area contributed by atoms with Crippen molar-refractivity contribution in [2.45, 2.75) is 65.0 Å². The summed E-state index contributed by atoms with van der Waals surface area (Å²) in [5.41, 5.74) is 5.87. The van der Waals surface area contributed by atoms with Gasteiger partial charge in [0.2, 0.25) is 5.91 Å². The van der Waals surface area contributed by atoms with Crippen LogP contribution in [0.1, 0.15) is 52.9 Å². The number of carbonyl (C=O) groups is 1. The van der Waals surface area contributed by atoms with E-state index in [1.165, 1.54) is 19.3 Å². The van der Waals surface area contributed by atoms with Gasteiger partial charge in [0.15, 0.2) is 0 Å². The minimum Gasteiger partial charge on any atom is -0.355 e. The molecular weight excluding hydrogens is 238 g/mol. The summed E-state index contributed by atoms with van der Waals surface area (Å²) < 4.78 is 0. The Morgan fingerprint density at radius 3 is 2.68 bits per heavy atom. The molecule has 2 unspecified atom stereocenters. The van der Waals surface area contributed by atoms with Crippen LogP contribution in [0.25, 0.3) is 0 Å². The standard InChI is InChI=1S/C15H31N3O/c1-12(2)8-9-17-15(19)13(3)18-10-6-4-5-7-14(18)11-16/h12-14H,4-11,16H2,1-3H3,(H,17,19). The summed E-state index contributed by atoms with van der Waals surface area (Å²) in [5, 5.41) is 3.05. The van der Waals surface area contributed by atoms with Crippen LogP contribution < -0.4 is 11.1 Å². The average molecular weight is 269 g/mol. The van der Waals surface area contributed by atoms with E-state index in [4.69, 9.17) is 5.73 Å². The Bertz CT molecular complexity index is 268. The predicted octanol–water partition coefficient (Wildman–Crippen LogP) is 1.74. The monoisotopic (exact) mass is 269 g/mol. The molecule has 1 aliphatic heterocycles. The van der Waals surface area contributed by atoms with Gasteiger partial charge in [0, 0.05) is 19.1 Å². The SMILES string of the molecule is CC(C)CCNC(=O)C(C)N1CCCCCC1CN. The minimum atomic E-state index is -0.0567. The molecule has 3 N–H and O–H groups in total. The lowest BCUT2D eigenvalue weighted by Gasteiger charge is -2.33. The first-order chi connectivity index (χ1) is 9.06. The molecule has 0 aliphatic carbocycles. The van der Waals surface area contributed by atoms with Crippen molar-refractivity contribution in [1.29, 1.82) is 0 Å². The highest BCUT2D eigenvalue weighted by molar-refractivity contribution is 5.81. The van der Waals surface area contributed by atoms with Crippen molar-refractivity contribution >= 4 is 5.91 Å². The van der Waals surface area contributed by atoms with Crippen molar-refractivity contribution in [3.63, 3.8) is 0 Å². The predicted molar refractivity (Wildman–Crippen MR) is 79.9 cm³/mol. The van der Waals surface area contributed by atoms with Crippen LogP contribution >= 0.6 is 0 Å². The van der Waals surface area contributed by atoms with Crippen molar-refractivity contribution in [3.8, 4) is 0 Å². The molecule has 19 heavy (non-hydrogen) atoms. The van der Waals surface area contributed by atoms with Gasteiger partial charge in [0.25, 0.3) is 0 Å². The van der Waals surface area contributed by atoms with Crippen LogP contribution in [-0.2, 0) is 4.79 Å². The van der Waals surface area contributed by atoms with E-state index in [-0.39, 0.29) is 11.9 Å². The van der Waals surface area contributed by atoms with Gasteiger partial charge in [-0.2, -0.15) is 0 Å². The smallest absolute Gasteiger partial charge is 0.237 e. The molecule has 0 bridgehead atoms. The van der Waals surface area contributed by atoms with Gasteiger partial charge in [0.05, 0.1) is 6.04 Å². The van der Waals surface area contributed by atoms with Crippen molar-refractivity contribution in [1.82, 2.24) is 10.2 Å². The third-order valence-corrected chi connectivity index (χ3v) is 4.09. The lowest BCUT2D eigenvalue weighted by molar-refractivity contribution is -0.126. The van der Waals surface area contributed by atoms with E-state index in [2.05, 4.69) is 24.1 Å². The van der Waals surface area contributed by atoms with Gasteiger partial charge in [0.1, 0.15) is 0 Å². The molecule has 1 saturated heterocycles. The Kier molecular flexibility index (Phi) is 7.39. The molecule has 0 aromatic carbocycles. The van der Waals surface area contributed by atoms with E-state index in [1.54, 1.807) is 0 Å². The lowest BCUT2D eigenvalue weighted by atomic mass is 10.1. The third-order valence-electron chi connectivity index (χ3n) is 4.09. The maximum atomic E-state index is 12.2. The largest absolute Gasteiger partial charge is 0.355 e. The summed E-state index contributed by atoms with van der Waals surface area (Å²) in [6.07, 6.45) is 5.84. The molecule has 0 spiro atoms. The second kappa shape index (κ2) is 8.54. The van der Waals surface area contributed by atoms with Crippen LogP contribution in [-0.4, -0.2) is 42.5 Å². The molecule has 1 fully saturated rings. The Balaban J connectivity index is 2.48. The summed E-state index contributed by atoms with van der Waals surface area (Å²) in [5.74, 6) is 0.784. The molecule has 0 aromatic heterocycles. The van der Waals surface area contributed by atoms with E-state index >= 15 is 0 Å². The molecule has 0 aromatic rings. The molecule has 2 atom stereocenters. The van der Waals surface area contributed by atoms with Crippen molar-refractivity contribution in [2.75, 3.05) is 19.6 Å². The van der Waals surface area contributed by atoms with E-state index in [1.807, 2.05) is 6.92 Å². The summed E-state index contributed by atoms with van der Waals surface area (Å²) in [6.45, 7) is 8.80. The molecule has 1 rings (SSSR count). The second-order valence-corrected chi connectivity index (χ2v) is 6.13. The van der Waals surface area contributed by atoms with Gasteiger partial charge in [-0.3, -0.25) is 9.69 Å². The number of hydrogen-bond acceptors (Lipinski definition) is 3. The zero-order valence-corrected chi connectivity index (χ0v) is 12.8. The summed E-state index contributed by atoms with van der Waals surface area (Å²) in [7, 11) is 0. The Labute approximate surface area is 118 Å². The van der Waals surface area contributed by atoms with Crippen LogP contribution in [0.3, 0.4) is 0 Å². The van der Waals surface area contributed by atoms with Gasteiger partial charge >= 0.3 is 0 Å². The topological polar surface area (TPSA) is 58.4 Å². The molecule has 1 heterocycles. The minimum absolute atomic E-state index is 0.0567. The van der Waals surface area contributed by atoms with E-state index < -0.39 is 0 Å². The third kappa shape index (κ3) is 5.49. The zero-order valence-electron chi connectivity index (χ0n) is 12.8. The average Bonchev–Trinajstić information content (AvgIpc) is 2.62. The van der Waals surface area contributed by atoms with Crippen LogP contribution in [0.4, 0.5) is 0 Å². The molecule has 4 nitrogen and oxygen atoms in total. The highest BCUT2D eigenvalue weighted by Crippen LogP contribution is 2.18. The van der Waals surface area contributed by atoms with Crippen molar-refractivity contribution in [2.24, 2.45) is 11.7 Å². The van der Waals surface area contributed by atoms with Crippen LogP contribution in [0, 0.1) is 5.92 Å². The molecular formula is C15H31N3O. The first-order valence-electron chi connectivity index (χ1n) is 7.79. The van der Waals surface area contributed by atoms with Gasteiger partial charge in [-0.15, -0.1) is 0 Å². The van der Waals surface area contributed by atoms with E-state index in [9.17, 15) is 4.79 Å². The van der Waals surface area contributed by atoms with E-state index in [0.717, 1.165) is 25.9 Å². The molecule has 4 heteroatoms.